The first kappa shape index (κ1) is 16.3. The third-order valence-electron chi connectivity index (χ3n) is 4.37. The number of amides is 2. The van der Waals surface area contributed by atoms with E-state index in [0.717, 1.165) is 57.7 Å². The van der Waals surface area contributed by atoms with Gasteiger partial charge in [0.2, 0.25) is 0 Å². The Kier molecular flexibility index (Phi) is 5.51. The molecule has 1 aromatic heterocycles. The Morgan fingerprint density at radius 1 is 1.30 bits per heavy atom. The fourth-order valence-corrected chi connectivity index (χ4v) is 3.05. The number of nitrogens with one attached hydrogen (secondary N) is 1. The van der Waals surface area contributed by atoms with Crippen molar-refractivity contribution in [3.05, 3.63) is 17.8 Å². The SMILES string of the molecule is Cc1nc(CNC(=O)N2CCC(OC3CCOCC3)CC2)co1. The molecule has 1 aromatic rings. The van der Waals surface area contributed by atoms with Crippen LogP contribution >= 0.6 is 0 Å². The number of aryl methyl sites for hydroxylation is 1. The quantitative estimate of drug-likeness (QED) is 0.915. The van der Waals surface area contributed by atoms with Crippen LogP contribution in [0.5, 0.6) is 0 Å². The van der Waals surface area contributed by atoms with E-state index in [1.54, 1.807) is 13.2 Å². The van der Waals surface area contributed by atoms with Gasteiger partial charge in [0.15, 0.2) is 5.89 Å². The number of rotatable bonds is 4. The van der Waals surface area contributed by atoms with E-state index in [2.05, 4.69) is 10.3 Å². The molecule has 2 saturated heterocycles. The number of piperidine rings is 1. The molecule has 7 nitrogen and oxygen atoms in total. The van der Waals surface area contributed by atoms with E-state index in [1.165, 1.54) is 0 Å². The van der Waals surface area contributed by atoms with E-state index in [1.807, 2.05) is 4.90 Å². The fourth-order valence-electron chi connectivity index (χ4n) is 3.05. The number of carbonyl (C=O) groups is 1. The molecule has 2 amide bonds. The van der Waals surface area contributed by atoms with E-state index >= 15 is 0 Å². The normalized spacial score (nSPS) is 20.7. The van der Waals surface area contributed by atoms with Crippen molar-refractivity contribution >= 4 is 6.03 Å². The molecule has 0 radical (unpaired) electrons. The van der Waals surface area contributed by atoms with Gasteiger partial charge in [0.1, 0.15) is 6.26 Å². The third-order valence-corrected chi connectivity index (χ3v) is 4.37. The molecule has 0 atom stereocenters. The number of hydrogen-bond acceptors (Lipinski definition) is 5. The smallest absolute Gasteiger partial charge is 0.317 e. The first-order valence-corrected chi connectivity index (χ1v) is 8.37. The number of likely N-dealkylation sites (tertiary alicyclic amines) is 1. The van der Waals surface area contributed by atoms with Crippen LogP contribution in [0.3, 0.4) is 0 Å². The lowest BCUT2D eigenvalue weighted by atomic mass is 10.1. The zero-order chi connectivity index (χ0) is 16.1. The van der Waals surface area contributed by atoms with Crippen molar-refractivity contribution in [2.75, 3.05) is 26.3 Å². The molecular weight excluding hydrogens is 298 g/mol. The average molecular weight is 323 g/mol. The van der Waals surface area contributed by atoms with Crippen molar-refractivity contribution in [2.45, 2.75) is 51.4 Å². The van der Waals surface area contributed by atoms with E-state index in [4.69, 9.17) is 13.9 Å². The summed E-state index contributed by atoms with van der Waals surface area (Å²) in [5.41, 5.74) is 0.744. The molecule has 7 heteroatoms. The summed E-state index contributed by atoms with van der Waals surface area (Å²) < 4.78 is 16.6. The van der Waals surface area contributed by atoms with Gasteiger partial charge in [-0.05, 0) is 25.7 Å². The minimum atomic E-state index is -0.0461. The number of nitrogens with zero attached hydrogens (tertiary/aromatic N) is 2. The van der Waals surface area contributed by atoms with Gasteiger partial charge in [-0.25, -0.2) is 9.78 Å². The Hall–Kier alpha value is -1.60. The molecule has 23 heavy (non-hydrogen) atoms. The Labute approximate surface area is 136 Å². The van der Waals surface area contributed by atoms with Crippen LogP contribution in [-0.4, -0.2) is 54.4 Å². The van der Waals surface area contributed by atoms with E-state index in [0.29, 0.717) is 18.5 Å². The monoisotopic (exact) mass is 323 g/mol. The van der Waals surface area contributed by atoms with Crippen molar-refractivity contribution < 1.29 is 18.7 Å². The zero-order valence-electron chi connectivity index (χ0n) is 13.6. The maximum absolute atomic E-state index is 12.2. The van der Waals surface area contributed by atoms with Gasteiger partial charge in [0, 0.05) is 33.2 Å². The van der Waals surface area contributed by atoms with E-state index < -0.39 is 0 Å². The van der Waals surface area contributed by atoms with Crippen molar-refractivity contribution in [3.63, 3.8) is 0 Å². The molecule has 0 spiro atoms. The van der Waals surface area contributed by atoms with Crippen LogP contribution in [0.2, 0.25) is 0 Å². The molecule has 0 bridgehead atoms. The minimum absolute atomic E-state index is 0.0461. The number of aromatic nitrogens is 1. The number of oxazole rings is 1. The number of urea groups is 1. The summed E-state index contributed by atoms with van der Waals surface area (Å²) in [6.45, 7) is 5.25. The zero-order valence-corrected chi connectivity index (χ0v) is 13.6. The highest BCUT2D eigenvalue weighted by atomic mass is 16.5. The summed E-state index contributed by atoms with van der Waals surface area (Å²) in [7, 11) is 0. The van der Waals surface area contributed by atoms with Crippen LogP contribution in [0.15, 0.2) is 10.7 Å². The van der Waals surface area contributed by atoms with Crippen LogP contribution in [0.1, 0.15) is 37.3 Å². The molecule has 2 aliphatic rings. The fraction of sp³-hybridized carbons (Fsp3) is 0.750. The molecule has 2 aliphatic heterocycles. The highest BCUT2D eigenvalue weighted by molar-refractivity contribution is 5.74. The summed E-state index contributed by atoms with van der Waals surface area (Å²) in [4.78, 5) is 18.2. The predicted octanol–water partition coefficient (Wildman–Crippen LogP) is 1.85. The van der Waals surface area contributed by atoms with Gasteiger partial charge in [-0.15, -0.1) is 0 Å². The van der Waals surface area contributed by atoms with Gasteiger partial charge in [-0.2, -0.15) is 0 Å². The predicted molar refractivity (Wildman–Crippen MR) is 83.0 cm³/mol. The molecule has 3 rings (SSSR count). The first-order valence-electron chi connectivity index (χ1n) is 8.37. The number of carbonyl (C=O) groups excluding carboxylic acids is 1. The second-order valence-electron chi connectivity index (χ2n) is 6.15. The summed E-state index contributed by atoms with van der Waals surface area (Å²) in [5.74, 6) is 0.611. The molecular formula is C16H25N3O4. The standard InChI is InChI=1S/C16H25N3O4/c1-12-18-13(11-22-12)10-17-16(20)19-6-2-14(3-7-19)23-15-4-8-21-9-5-15/h11,14-15H,2-10H2,1H3,(H,17,20). The molecule has 0 aliphatic carbocycles. The average Bonchev–Trinajstić information content (AvgIpc) is 3.00. The molecule has 128 valence electrons. The largest absolute Gasteiger partial charge is 0.449 e. The van der Waals surface area contributed by atoms with E-state index in [-0.39, 0.29) is 12.1 Å². The number of ether oxygens (including phenoxy) is 2. The van der Waals surface area contributed by atoms with Gasteiger partial charge < -0.3 is 24.1 Å². The van der Waals surface area contributed by atoms with Gasteiger partial charge >= 0.3 is 6.03 Å². The van der Waals surface area contributed by atoms with Gasteiger partial charge in [-0.3, -0.25) is 0 Å². The second-order valence-corrected chi connectivity index (χ2v) is 6.15. The molecule has 0 unspecified atom stereocenters. The maximum Gasteiger partial charge on any atom is 0.317 e. The van der Waals surface area contributed by atoms with Crippen LogP contribution < -0.4 is 5.32 Å². The van der Waals surface area contributed by atoms with Gasteiger partial charge in [0.25, 0.3) is 0 Å². The summed E-state index contributed by atoms with van der Waals surface area (Å²) in [5, 5.41) is 2.89. The van der Waals surface area contributed by atoms with Gasteiger partial charge in [0.05, 0.1) is 24.4 Å². The maximum atomic E-state index is 12.2. The lowest BCUT2D eigenvalue weighted by molar-refractivity contribution is -0.0818. The summed E-state index contributed by atoms with van der Waals surface area (Å²) in [6, 6.07) is -0.0461. The van der Waals surface area contributed by atoms with Crippen molar-refractivity contribution in [1.29, 1.82) is 0 Å². The molecule has 0 aromatic carbocycles. The molecule has 2 fully saturated rings. The van der Waals surface area contributed by atoms with E-state index in [9.17, 15) is 4.79 Å². The Bertz CT molecular complexity index is 505. The summed E-state index contributed by atoms with van der Waals surface area (Å²) in [6.07, 6.45) is 5.92. The van der Waals surface area contributed by atoms with Crippen molar-refractivity contribution in [2.24, 2.45) is 0 Å². The van der Waals surface area contributed by atoms with Crippen LogP contribution in [0.4, 0.5) is 4.79 Å². The molecule has 3 heterocycles. The first-order chi connectivity index (χ1) is 11.2. The Morgan fingerprint density at radius 2 is 2.00 bits per heavy atom. The van der Waals surface area contributed by atoms with Crippen molar-refractivity contribution in [3.8, 4) is 0 Å². The highest BCUT2D eigenvalue weighted by Gasteiger charge is 2.26. The third kappa shape index (κ3) is 4.68. The Morgan fingerprint density at radius 3 is 2.65 bits per heavy atom. The van der Waals surface area contributed by atoms with Crippen LogP contribution in [0.25, 0.3) is 0 Å². The minimum Gasteiger partial charge on any atom is -0.449 e. The van der Waals surface area contributed by atoms with Crippen LogP contribution in [0, 0.1) is 6.92 Å². The Balaban J connectivity index is 1.37. The lowest BCUT2D eigenvalue weighted by Gasteiger charge is -2.34. The second kappa shape index (κ2) is 7.79. The number of hydrogen-bond donors (Lipinski definition) is 1. The van der Waals surface area contributed by atoms with Gasteiger partial charge in [-0.1, -0.05) is 0 Å². The highest BCUT2D eigenvalue weighted by Crippen LogP contribution is 2.20. The topological polar surface area (TPSA) is 76.8 Å². The van der Waals surface area contributed by atoms with Crippen molar-refractivity contribution in [1.82, 2.24) is 15.2 Å². The van der Waals surface area contributed by atoms with Crippen LogP contribution in [-0.2, 0) is 16.0 Å². The molecule has 0 saturated carbocycles. The summed E-state index contributed by atoms with van der Waals surface area (Å²) >= 11 is 0. The molecule has 1 N–H and O–H groups in total. The lowest BCUT2D eigenvalue weighted by Crippen LogP contribution is -2.46.